The number of nitrogens with two attached hydrogens (primary N) is 1. The highest BCUT2D eigenvalue weighted by Gasteiger charge is 2.10. The van der Waals surface area contributed by atoms with Crippen LogP contribution in [0.25, 0.3) is 0 Å². The van der Waals surface area contributed by atoms with Gasteiger partial charge in [-0.05, 0) is 49.2 Å². The van der Waals surface area contributed by atoms with Gasteiger partial charge in [0.25, 0.3) is 0 Å². The van der Waals surface area contributed by atoms with Crippen LogP contribution in [0.1, 0.15) is 31.7 Å². The fraction of sp³-hybridized carbons (Fsp3) is 0.350. The van der Waals surface area contributed by atoms with Crippen molar-refractivity contribution in [2.45, 2.75) is 33.1 Å². The number of methoxy groups -OCH3 is 1. The molecule has 2 amide bonds. The number of urea groups is 1. The van der Waals surface area contributed by atoms with Crippen LogP contribution in [-0.4, -0.2) is 19.7 Å². The number of nitrogen functional groups attached to an aromatic ring is 1. The molecule has 2 aromatic carbocycles. The molecule has 0 saturated carbocycles. The molecule has 0 aliphatic heterocycles. The summed E-state index contributed by atoms with van der Waals surface area (Å²) in [5.41, 5.74) is 8.02. The second-order valence-electron chi connectivity index (χ2n) is 6.08. The Morgan fingerprint density at radius 1 is 1.08 bits per heavy atom. The molecule has 0 unspecified atom stereocenters. The lowest BCUT2D eigenvalue weighted by Gasteiger charge is -2.14. The minimum absolute atomic E-state index is 0.230. The first-order valence-electron chi connectivity index (χ1n) is 8.80. The van der Waals surface area contributed by atoms with Crippen LogP contribution >= 0.6 is 0 Å². The number of ether oxygens (including phenoxy) is 2. The molecule has 2 aromatic rings. The standard InChI is InChI=1S/C20H27N3O3/c1-4-5-6-11-22-20(24)23-16-8-10-18(19(13-16)25-3)26-17-9-7-15(21)12-14(17)2/h7-10,12-13H,4-6,11,21H2,1-3H3,(H2,22,23,24). The summed E-state index contributed by atoms with van der Waals surface area (Å²) in [5, 5.41) is 5.64. The number of benzene rings is 2. The van der Waals surface area contributed by atoms with Gasteiger partial charge in [0.15, 0.2) is 11.5 Å². The Kier molecular flexibility index (Phi) is 7.14. The van der Waals surface area contributed by atoms with Crippen LogP contribution in [-0.2, 0) is 0 Å². The first-order chi connectivity index (χ1) is 12.5. The summed E-state index contributed by atoms with van der Waals surface area (Å²) in [5.74, 6) is 1.80. The molecule has 6 heteroatoms. The lowest BCUT2D eigenvalue weighted by molar-refractivity contribution is 0.252. The SMILES string of the molecule is CCCCCNC(=O)Nc1ccc(Oc2ccc(N)cc2C)c(OC)c1. The molecule has 0 fully saturated rings. The maximum Gasteiger partial charge on any atom is 0.319 e. The van der Waals surface area contributed by atoms with E-state index in [1.54, 1.807) is 31.4 Å². The molecule has 0 aliphatic carbocycles. The lowest BCUT2D eigenvalue weighted by atomic mass is 10.2. The molecule has 0 bridgehead atoms. The van der Waals surface area contributed by atoms with Crippen molar-refractivity contribution in [2.75, 3.05) is 24.7 Å². The molecule has 26 heavy (non-hydrogen) atoms. The molecular weight excluding hydrogens is 330 g/mol. The summed E-state index contributed by atoms with van der Waals surface area (Å²) in [6.45, 7) is 4.72. The van der Waals surface area contributed by atoms with Crippen LogP contribution in [0.2, 0.25) is 0 Å². The Balaban J connectivity index is 2.03. The first kappa shape index (κ1) is 19.4. The molecule has 0 aromatic heterocycles. The van der Waals surface area contributed by atoms with Gasteiger partial charge < -0.3 is 25.8 Å². The van der Waals surface area contributed by atoms with Gasteiger partial charge in [-0.1, -0.05) is 19.8 Å². The topological polar surface area (TPSA) is 85.6 Å². The highest BCUT2D eigenvalue weighted by Crippen LogP contribution is 2.35. The van der Waals surface area contributed by atoms with Gasteiger partial charge >= 0.3 is 6.03 Å². The predicted molar refractivity (Wildman–Crippen MR) is 105 cm³/mol. The number of carbonyl (C=O) groups excluding carboxylic acids is 1. The third-order valence-electron chi connectivity index (χ3n) is 3.91. The van der Waals surface area contributed by atoms with Crippen LogP contribution in [0.4, 0.5) is 16.2 Å². The van der Waals surface area contributed by atoms with Gasteiger partial charge in [-0.3, -0.25) is 0 Å². The predicted octanol–water partition coefficient (Wildman–Crippen LogP) is 4.69. The van der Waals surface area contributed by atoms with Crippen LogP contribution < -0.4 is 25.8 Å². The summed E-state index contributed by atoms with van der Waals surface area (Å²) in [6, 6.07) is 10.5. The number of carbonyl (C=O) groups is 1. The van der Waals surface area contributed by atoms with E-state index in [-0.39, 0.29) is 6.03 Å². The van der Waals surface area contributed by atoms with Crippen LogP contribution in [0, 0.1) is 6.92 Å². The fourth-order valence-electron chi connectivity index (χ4n) is 2.49. The largest absolute Gasteiger partial charge is 0.493 e. The zero-order valence-corrected chi connectivity index (χ0v) is 15.6. The van der Waals surface area contributed by atoms with E-state index in [9.17, 15) is 4.79 Å². The Bertz CT molecular complexity index is 747. The Morgan fingerprint density at radius 2 is 1.85 bits per heavy atom. The van der Waals surface area contributed by atoms with E-state index in [0.29, 0.717) is 35.2 Å². The van der Waals surface area contributed by atoms with Crippen molar-refractivity contribution in [1.82, 2.24) is 5.32 Å². The van der Waals surface area contributed by atoms with Crippen molar-refractivity contribution in [3.8, 4) is 17.2 Å². The molecule has 6 nitrogen and oxygen atoms in total. The van der Waals surface area contributed by atoms with Gasteiger partial charge in [-0.15, -0.1) is 0 Å². The Morgan fingerprint density at radius 3 is 2.54 bits per heavy atom. The van der Waals surface area contributed by atoms with Gasteiger partial charge in [-0.25, -0.2) is 4.79 Å². The maximum absolute atomic E-state index is 11.9. The van der Waals surface area contributed by atoms with E-state index < -0.39 is 0 Å². The molecular formula is C20H27N3O3. The van der Waals surface area contributed by atoms with E-state index in [0.717, 1.165) is 24.8 Å². The third kappa shape index (κ3) is 5.58. The minimum Gasteiger partial charge on any atom is -0.493 e. The zero-order chi connectivity index (χ0) is 18.9. The Labute approximate surface area is 154 Å². The van der Waals surface area contributed by atoms with Crippen molar-refractivity contribution < 1.29 is 14.3 Å². The van der Waals surface area contributed by atoms with Gasteiger partial charge in [0.05, 0.1) is 7.11 Å². The van der Waals surface area contributed by atoms with Crippen molar-refractivity contribution in [2.24, 2.45) is 0 Å². The summed E-state index contributed by atoms with van der Waals surface area (Å²) >= 11 is 0. The Hall–Kier alpha value is -2.89. The molecule has 0 heterocycles. The lowest BCUT2D eigenvalue weighted by Crippen LogP contribution is -2.29. The number of anilines is 2. The highest BCUT2D eigenvalue weighted by atomic mass is 16.5. The van der Waals surface area contributed by atoms with Gasteiger partial charge in [-0.2, -0.15) is 0 Å². The van der Waals surface area contributed by atoms with Crippen molar-refractivity contribution in [1.29, 1.82) is 0 Å². The van der Waals surface area contributed by atoms with Crippen LogP contribution in [0.5, 0.6) is 17.2 Å². The number of aryl methyl sites for hydroxylation is 1. The minimum atomic E-state index is -0.230. The average Bonchev–Trinajstić information content (AvgIpc) is 2.62. The van der Waals surface area contributed by atoms with E-state index in [2.05, 4.69) is 17.6 Å². The van der Waals surface area contributed by atoms with Crippen molar-refractivity contribution in [3.63, 3.8) is 0 Å². The number of hydrogen-bond acceptors (Lipinski definition) is 4. The normalized spacial score (nSPS) is 10.3. The summed E-state index contributed by atoms with van der Waals surface area (Å²) < 4.78 is 11.3. The second kappa shape index (κ2) is 9.56. The van der Waals surface area contributed by atoms with E-state index in [1.807, 2.05) is 19.1 Å². The average molecular weight is 357 g/mol. The summed E-state index contributed by atoms with van der Waals surface area (Å²) in [6.07, 6.45) is 3.20. The number of rotatable bonds is 8. The fourth-order valence-corrected chi connectivity index (χ4v) is 2.49. The molecule has 2 rings (SSSR count). The smallest absolute Gasteiger partial charge is 0.319 e. The van der Waals surface area contributed by atoms with Crippen LogP contribution in [0.3, 0.4) is 0 Å². The number of unbranched alkanes of at least 4 members (excludes halogenated alkanes) is 2. The molecule has 140 valence electrons. The van der Waals surface area contributed by atoms with Gasteiger partial charge in [0.2, 0.25) is 0 Å². The molecule has 0 aliphatic rings. The zero-order valence-electron chi connectivity index (χ0n) is 15.6. The third-order valence-corrected chi connectivity index (χ3v) is 3.91. The number of hydrogen-bond donors (Lipinski definition) is 3. The molecule has 0 saturated heterocycles. The first-order valence-corrected chi connectivity index (χ1v) is 8.80. The van der Waals surface area contributed by atoms with Crippen molar-refractivity contribution >= 4 is 17.4 Å². The van der Waals surface area contributed by atoms with E-state index in [4.69, 9.17) is 15.2 Å². The monoisotopic (exact) mass is 357 g/mol. The molecule has 0 atom stereocenters. The second-order valence-corrected chi connectivity index (χ2v) is 6.08. The molecule has 0 spiro atoms. The van der Waals surface area contributed by atoms with E-state index in [1.165, 1.54) is 0 Å². The molecule has 4 N–H and O–H groups in total. The highest BCUT2D eigenvalue weighted by molar-refractivity contribution is 5.89. The quantitative estimate of drug-likeness (QED) is 0.472. The molecule has 0 radical (unpaired) electrons. The van der Waals surface area contributed by atoms with Crippen LogP contribution in [0.15, 0.2) is 36.4 Å². The van der Waals surface area contributed by atoms with Gasteiger partial charge in [0.1, 0.15) is 5.75 Å². The summed E-state index contributed by atoms with van der Waals surface area (Å²) in [7, 11) is 1.56. The number of amides is 2. The van der Waals surface area contributed by atoms with E-state index >= 15 is 0 Å². The van der Waals surface area contributed by atoms with Crippen molar-refractivity contribution in [3.05, 3.63) is 42.0 Å². The maximum atomic E-state index is 11.9. The number of nitrogens with one attached hydrogen (secondary N) is 2. The van der Waals surface area contributed by atoms with Gasteiger partial charge in [0, 0.05) is 24.0 Å². The summed E-state index contributed by atoms with van der Waals surface area (Å²) in [4.78, 5) is 11.9.